The Morgan fingerprint density at radius 3 is 3.00 bits per heavy atom. The van der Waals surface area contributed by atoms with Crippen LogP contribution in [0.4, 0.5) is 10.5 Å². The molecule has 2 heterocycles. The molecule has 6 nitrogen and oxygen atoms in total. The van der Waals surface area contributed by atoms with Crippen molar-refractivity contribution >= 4 is 11.7 Å². The number of urea groups is 1. The van der Waals surface area contributed by atoms with Crippen LogP contribution in [0.25, 0.3) is 0 Å². The molecule has 4 rings (SSSR count). The number of aromatic nitrogens is 2. The van der Waals surface area contributed by atoms with Gasteiger partial charge in [-0.1, -0.05) is 18.2 Å². The van der Waals surface area contributed by atoms with Crippen molar-refractivity contribution in [3.8, 4) is 5.75 Å². The number of amides is 2. The van der Waals surface area contributed by atoms with Gasteiger partial charge in [0, 0.05) is 19.2 Å². The van der Waals surface area contributed by atoms with E-state index in [0.717, 1.165) is 47.5 Å². The molecule has 1 fully saturated rings. The fraction of sp³-hybridized carbons (Fsp3) is 0.444. The molecule has 2 aromatic rings. The summed E-state index contributed by atoms with van der Waals surface area (Å²) >= 11 is 0. The Bertz CT molecular complexity index is 779. The van der Waals surface area contributed by atoms with Crippen LogP contribution < -0.4 is 15.4 Å². The number of ether oxygens (including phenoxy) is 1. The highest BCUT2D eigenvalue weighted by atomic mass is 16.5. The lowest BCUT2D eigenvalue weighted by Crippen LogP contribution is -2.44. The summed E-state index contributed by atoms with van der Waals surface area (Å²) in [5, 5.41) is 10.4. The highest BCUT2D eigenvalue weighted by molar-refractivity contribution is 5.90. The van der Waals surface area contributed by atoms with Crippen molar-refractivity contribution in [1.82, 2.24) is 15.1 Å². The molecular weight excluding hydrogens is 304 g/mol. The van der Waals surface area contributed by atoms with Crippen molar-refractivity contribution in [2.45, 2.75) is 38.1 Å². The van der Waals surface area contributed by atoms with E-state index in [1.807, 2.05) is 32.3 Å². The maximum atomic E-state index is 12.3. The molecule has 126 valence electrons. The number of fused-ring (bicyclic) bond motifs is 1. The Morgan fingerprint density at radius 2 is 2.21 bits per heavy atom. The third-order valence-corrected chi connectivity index (χ3v) is 4.59. The highest BCUT2D eigenvalue weighted by Gasteiger charge is 2.30. The molecule has 0 spiro atoms. The van der Waals surface area contributed by atoms with Crippen LogP contribution in [0.1, 0.15) is 35.6 Å². The SMILES string of the molecule is Cc1cccc2c1OC[C@@H](NC(=O)Nc1cn(C)nc1C1CC1)C2. The molecule has 1 atom stereocenters. The molecule has 1 aliphatic heterocycles. The fourth-order valence-electron chi connectivity index (χ4n) is 3.29. The number of nitrogens with zero attached hydrogens (tertiary/aromatic N) is 2. The van der Waals surface area contributed by atoms with Gasteiger partial charge >= 0.3 is 6.03 Å². The van der Waals surface area contributed by atoms with E-state index in [4.69, 9.17) is 4.74 Å². The van der Waals surface area contributed by atoms with Crippen molar-refractivity contribution in [3.63, 3.8) is 0 Å². The number of hydrogen-bond acceptors (Lipinski definition) is 3. The molecule has 2 amide bonds. The van der Waals surface area contributed by atoms with Crippen LogP contribution >= 0.6 is 0 Å². The summed E-state index contributed by atoms with van der Waals surface area (Å²) in [5.74, 6) is 1.45. The van der Waals surface area contributed by atoms with Crippen LogP contribution in [-0.4, -0.2) is 28.5 Å². The summed E-state index contributed by atoms with van der Waals surface area (Å²) in [6.07, 6.45) is 4.95. The summed E-state index contributed by atoms with van der Waals surface area (Å²) in [7, 11) is 1.88. The Hall–Kier alpha value is -2.50. The molecule has 24 heavy (non-hydrogen) atoms. The van der Waals surface area contributed by atoms with E-state index < -0.39 is 0 Å². The lowest BCUT2D eigenvalue weighted by Gasteiger charge is -2.27. The van der Waals surface area contributed by atoms with Gasteiger partial charge in [0.25, 0.3) is 0 Å². The van der Waals surface area contributed by atoms with E-state index in [2.05, 4.69) is 21.8 Å². The van der Waals surface area contributed by atoms with Crippen molar-refractivity contribution in [2.24, 2.45) is 7.05 Å². The number of para-hydroxylation sites is 1. The van der Waals surface area contributed by atoms with E-state index in [1.165, 1.54) is 0 Å². The van der Waals surface area contributed by atoms with Gasteiger partial charge < -0.3 is 15.4 Å². The first-order valence-electron chi connectivity index (χ1n) is 8.42. The van der Waals surface area contributed by atoms with E-state index in [1.54, 1.807) is 4.68 Å². The van der Waals surface area contributed by atoms with Gasteiger partial charge in [-0.3, -0.25) is 4.68 Å². The van der Waals surface area contributed by atoms with Gasteiger partial charge in [0.1, 0.15) is 12.4 Å². The third-order valence-electron chi connectivity index (χ3n) is 4.59. The van der Waals surface area contributed by atoms with Crippen LogP contribution in [0.15, 0.2) is 24.4 Å². The van der Waals surface area contributed by atoms with Crippen LogP contribution in [0.3, 0.4) is 0 Å². The van der Waals surface area contributed by atoms with Crippen molar-refractivity contribution < 1.29 is 9.53 Å². The maximum Gasteiger partial charge on any atom is 0.319 e. The highest BCUT2D eigenvalue weighted by Crippen LogP contribution is 2.42. The summed E-state index contributed by atoms with van der Waals surface area (Å²) in [5.41, 5.74) is 4.09. The molecule has 0 bridgehead atoms. The zero-order valence-electron chi connectivity index (χ0n) is 14.0. The number of nitrogens with one attached hydrogen (secondary N) is 2. The standard InChI is InChI=1S/C18H22N4O2/c1-11-4-3-5-13-8-14(10-24-17(11)13)19-18(23)20-15-9-22(2)21-16(15)12-6-7-12/h3-5,9,12,14H,6-8,10H2,1-2H3,(H2,19,20,23)/t14-/m0/s1. The second-order valence-electron chi connectivity index (χ2n) is 6.75. The maximum absolute atomic E-state index is 12.3. The van der Waals surface area contributed by atoms with Crippen LogP contribution in [0, 0.1) is 6.92 Å². The zero-order valence-corrected chi connectivity index (χ0v) is 14.0. The van der Waals surface area contributed by atoms with Gasteiger partial charge in [-0.05, 0) is 37.3 Å². The summed E-state index contributed by atoms with van der Waals surface area (Å²) in [4.78, 5) is 12.3. The van der Waals surface area contributed by atoms with E-state index in [9.17, 15) is 4.79 Å². The molecule has 0 radical (unpaired) electrons. The molecule has 6 heteroatoms. The summed E-state index contributed by atoms with van der Waals surface area (Å²) in [6, 6.07) is 5.90. The molecule has 1 aliphatic carbocycles. The minimum atomic E-state index is -0.199. The molecule has 0 saturated heterocycles. The number of aryl methyl sites for hydroxylation is 2. The Kier molecular flexibility index (Phi) is 3.67. The minimum Gasteiger partial charge on any atom is -0.491 e. The molecule has 1 aromatic carbocycles. The van der Waals surface area contributed by atoms with Crippen LogP contribution in [-0.2, 0) is 13.5 Å². The molecule has 2 aliphatic rings. The van der Waals surface area contributed by atoms with E-state index in [0.29, 0.717) is 12.5 Å². The van der Waals surface area contributed by atoms with Gasteiger partial charge in [0.2, 0.25) is 0 Å². The van der Waals surface area contributed by atoms with Gasteiger partial charge in [-0.25, -0.2) is 4.79 Å². The lowest BCUT2D eigenvalue weighted by atomic mass is 10.0. The largest absolute Gasteiger partial charge is 0.491 e. The van der Waals surface area contributed by atoms with Crippen molar-refractivity contribution in [3.05, 3.63) is 41.2 Å². The molecular formula is C18H22N4O2. The Balaban J connectivity index is 1.40. The number of hydrogen-bond donors (Lipinski definition) is 2. The topological polar surface area (TPSA) is 68.2 Å². The predicted octanol–water partition coefficient (Wildman–Crippen LogP) is 2.73. The lowest BCUT2D eigenvalue weighted by molar-refractivity contribution is 0.222. The van der Waals surface area contributed by atoms with Gasteiger partial charge in [0.05, 0.1) is 17.4 Å². The number of carbonyl (C=O) groups is 1. The first-order valence-corrected chi connectivity index (χ1v) is 8.42. The molecule has 1 saturated carbocycles. The van der Waals surface area contributed by atoms with Crippen LogP contribution in [0.2, 0.25) is 0 Å². The zero-order chi connectivity index (χ0) is 16.7. The number of benzene rings is 1. The second-order valence-corrected chi connectivity index (χ2v) is 6.75. The molecule has 1 aromatic heterocycles. The average Bonchev–Trinajstić information content (AvgIpc) is 3.31. The third kappa shape index (κ3) is 2.96. The Labute approximate surface area is 141 Å². The Morgan fingerprint density at radius 1 is 1.38 bits per heavy atom. The number of rotatable bonds is 3. The quantitative estimate of drug-likeness (QED) is 0.911. The first kappa shape index (κ1) is 15.1. The number of anilines is 1. The first-order chi connectivity index (χ1) is 11.6. The number of carbonyl (C=O) groups excluding carboxylic acids is 1. The van der Waals surface area contributed by atoms with Crippen molar-refractivity contribution in [1.29, 1.82) is 0 Å². The minimum absolute atomic E-state index is 0.0275. The summed E-state index contributed by atoms with van der Waals surface area (Å²) in [6.45, 7) is 2.54. The van der Waals surface area contributed by atoms with Crippen LogP contribution in [0.5, 0.6) is 5.75 Å². The summed E-state index contributed by atoms with van der Waals surface area (Å²) < 4.78 is 7.59. The second kappa shape index (κ2) is 5.85. The molecule has 2 N–H and O–H groups in total. The molecule has 0 unspecified atom stereocenters. The average molecular weight is 326 g/mol. The predicted molar refractivity (Wildman–Crippen MR) is 91.5 cm³/mol. The normalized spacial score (nSPS) is 19.3. The van der Waals surface area contributed by atoms with Gasteiger partial charge in [-0.15, -0.1) is 0 Å². The van der Waals surface area contributed by atoms with Crippen molar-refractivity contribution in [2.75, 3.05) is 11.9 Å². The monoisotopic (exact) mass is 326 g/mol. The smallest absolute Gasteiger partial charge is 0.319 e. The van der Waals surface area contributed by atoms with Gasteiger partial charge in [-0.2, -0.15) is 5.10 Å². The van der Waals surface area contributed by atoms with Gasteiger partial charge in [0.15, 0.2) is 0 Å². The van der Waals surface area contributed by atoms with E-state index >= 15 is 0 Å². The fourth-order valence-corrected chi connectivity index (χ4v) is 3.29. The van der Waals surface area contributed by atoms with E-state index in [-0.39, 0.29) is 12.1 Å².